The number of hydrogen-bond donors (Lipinski definition) is 1. The molecule has 6 nitrogen and oxygen atoms in total. The molecule has 1 fully saturated rings. The summed E-state index contributed by atoms with van der Waals surface area (Å²) in [6, 6.07) is 11.4. The third-order valence-corrected chi connectivity index (χ3v) is 5.72. The summed E-state index contributed by atoms with van der Waals surface area (Å²) in [6.07, 6.45) is -2.34. The van der Waals surface area contributed by atoms with E-state index in [0.29, 0.717) is 23.2 Å². The Morgan fingerprint density at radius 2 is 1.94 bits per heavy atom. The van der Waals surface area contributed by atoms with Gasteiger partial charge in [0.15, 0.2) is 5.76 Å². The van der Waals surface area contributed by atoms with E-state index in [2.05, 4.69) is 23.9 Å². The highest BCUT2D eigenvalue weighted by Crippen LogP contribution is 2.40. The van der Waals surface area contributed by atoms with Gasteiger partial charge in [0.05, 0.1) is 10.5 Å². The molecule has 0 aliphatic carbocycles. The Morgan fingerprint density at radius 3 is 2.62 bits per heavy atom. The number of ether oxygens (including phenoxy) is 3. The first-order valence-corrected chi connectivity index (χ1v) is 11.2. The van der Waals surface area contributed by atoms with E-state index in [-0.39, 0.29) is 16.2 Å². The van der Waals surface area contributed by atoms with Crippen LogP contribution in [0.25, 0.3) is 11.8 Å². The van der Waals surface area contributed by atoms with Crippen LogP contribution in [0, 0.1) is 5.92 Å². The smallest absolute Gasteiger partial charge is 0.454 e. The van der Waals surface area contributed by atoms with Crippen molar-refractivity contribution in [3.05, 3.63) is 75.9 Å². The lowest BCUT2D eigenvalue weighted by molar-refractivity contribution is -0.274. The Balaban J connectivity index is 1.65. The van der Waals surface area contributed by atoms with E-state index in [1.807, 2.05) is 24.3 Å². The van der Waals surface area contributed by atoms with Gasteiger partial charge < -0.3 is 14.2 Å². The maximum Gasteiger partial charge on any atom is 0.573 e. The van der Waals surface area contributed by atoms with Crippen molar-refractivity contribution in [3.8, 4) is 5.75 Å². The number of rotatable bonds is 6. The molecule has 0 bridgehead atoms. The largest absolute Gasteiger partial charge is 0.573 e. The Bertz CT molecular complexity index is 1190. The molecule has 10 heteroatoms. The maximum atomic E-state index is 13.0. The number of carbonyl (C=O) groups excluding carboxylic acids is 2. The molecule has 2 amide bonds. The summed E-state index contributed by atoms with van der Waals surface area (Å²) in [7, 11) is 0. The minimum atomic E-state index is -4.92. The third-order valence-electron chi connectivity index (χ3n) is 4.90. The molecule has 1 unspecified atom stereocenters. The summed E-state index contributed by atoms with van der Waals surface area (Å²) in [5.41, 5.74) is 2.16. The van der Waals surface area contributed by atoms with Crippen LogP contribution in [0.2, 0.25) is 0 Å². The van der Waals surface area contributed by atoms with Gasteiger partial charge in [-0.15, -0.1) is 13.2 Å². The standard InChI is InChI=1S/C24H20F3NO5S/c1-13(2)9-15-5-3-4-6-16(15)22-31-12-19(32-22)17-10-14(7-8-18(17)33-24(25,26)27)11-20-21(29)28-23(30)34-20/h3-8,10-13,22H,9H2,1-2H3,(H,28,29,30). The van der Waals surface area contributed by atoms with Crippen LogP contribution in [0.3, 0.4) is 0 Å². The van der Waals surface area contributed by atoms with Crippen molar-refractivity contribution in [2.75, 3.05) is 0 Å². The first-order valence-electron chi connectivity index (χ1n) is 10.3. The highest BCUT2D eigenvalue weighted by atomic mass is 32.2. The molecule has 1 N–H and O–H groups in total. The summed E-state index contributed by atoms with van der Waals surface area (Å²) >= 11 is 0.705. The molecular formula is C24H20F3NO5S. The van der Waals surface area contributed by atoms with Gasteiger partial charge in [0.1, 0.15) is 12.0 Å². The summed E-state index contributed by atoms with van der Waals surface area (Å²) < 4.78 is 54.8. The highest BCUT2D eigenvalue weighted by molar-refractivity contribution is 8.18. The third kappa shape index (κ3) is 5.56. The van der Waals surface area contributed by atoms with Crippen LogP contribution in [-0.4, -0.2) is 17.5 Å². The average Bonchev–Trinajstić information content (AvgIpc) is 3.34. The van der Waals surface area contributed by atoms with Crippen molar-refractivity contribution < 1.29 is 37.0 Å². The summed E-state index contributed by atoms with van der Waals surface area (Å²) in [5, 5.41) is 1.61. The van der Waals surface area contributed by atoms with Crippen molar-refractivity contribution in [1.82, 2.24) is 5.32 Å². The Labute approximate surface area is 197 Å². The fourth-order valence-electron chi connectivity index (χ4n) is 3.56. The van der Waals surface area contributed by atoms with Crippen molar-refractivity contribution in [2.24, 2.45) is 5.92 Å². The highest BCUT2D eigenvalue weighted by Gasteiger charge is 2.34. The van der Waals surface area contributed by atoms with Gasteiger partial charge >= 0.3 is 6.36 Å². The summed E-state index contributed by atoms with van der Waals surface area (Å²) in [4.78, 5) is 23.4. The van der Waals surface area contributed by atoms with Gasteiger partial charge in [-0.1, -0.05) is 44.2 Å². The van der Waals surface area contributed by atoms with Gasteiger partial charge in [-0.05, 0) is 53.4 Å². The second-order valence-electron chi connectivity index (χ2n) is 8.02. The number of imide groups is 1. The lowest BCUT2D eigenvalue weighted by Gasteiger charge is -2.18. The number of thioether (sulfide) groups is 1. The molecular weight excluding hydrogens is 471 g/mol. The molecule has 178 valence electrons. The molecule has 2 aromatic carbocycles. The molecule has 1 atom stereocenters. The van der Waals surface area contributed by atoms with Crippen molar-refractivity contribution in [1.29, 1.82) is 0 Å². The molecule has 1 saturated heterocycles. The average molecular weight is 491 g/mol. The number of amides is 2. The van der Waals surface area contributed by atoms with Gasteiger partial charge in [0.25, 0.3) is 17.4 Å². The predicted molar refractivity (Wildman–Crippen MR) is 120 cm³/mol. The number of hydrogen-bond acceptors (Lipinski definition) is 6. The van der Waals surface area contributed by atoms with Gasteiger partial charge in [-0.25, -0.2) is 0 Å². The molecule has 0 aromatic heterocycles. The molecule has 34 heavy (non-hydrogen) atoms. The number of carbonyl (C=O) groups is 2. The molecule has 4 rings (SSSR count). The van der Waals surface area contributed by atoms with Gasteiger partial charge in [-0.2, -0.15) is 0 Å². The number of benzene rings is 2. The van der Waals surface area contributed by atoms with Gasteiger partial charge in [0, 0.05) is 5.56 Å². The van der Waals surface area contributed by atoms with Crippen molar-refractivity contribution >= 4 is 34.7 Å². The molecule has 0 spiro atoms. The summed E-state index contributed by atoms with van der Waals surface area (Å²) in [6.45, 7) is 4.15. The van der Waals surface area contributed by atoms with Crippen LogP contribution in [0.4, 0.5) is 18.0 Å². The Hall–Kier alpha value is -3.40. The number of nitrogens with one attached hydrogen (secondary N) is 1. The van der Waals surface area contributed by atoms with Crippen LogP contribution < -0.4 is 10.1 Å². The maximum absolute atomic E-state index is 13.0. The molecule has 2 heterocycles. The van der Waals surface area contributed by atoms with Crippen molar-refractivity contribution in [2.45, 2.75) is 32.9 Å². The Morgan fingerprint density at radius 1 is 1.18 bits per heavy atom. The van der Waals surface area contributed by atoms with E-state index < -0.39 is 29.5 Å². The SMILES string of the molecule is CC(C)Cc1ccccc1C1OC=C(c2cc(C=C3SC(=O)NC3=O)ccc2OC(F)(F)F)O1. The van der Waals surface area contributed by atoms with E-state index in [0.717, 1.165) is 23.6 Å². The van der Waals surface area contributed by atoms with Crippen LogP contribution in [0.5, 0.6) is 5.75 Å². The number of halogens is 3. The minimum Gasteiger partial charge on any atom is -0.454 e. The topological polar surface area (TPSA) is 73.9 Å². The van der Waals surface area contributed by atoms with Crippen LogP contribution >= 0.6 is 11.8 Å². The zero-order valence-corrected chi connectivity index (χ0v) is 19.0. The van der Waals surface area contributed by atoms with E-state index >= 15 is 0 Å². The number of alkyl halides is 3. The molecule has 0 saturated carbocycles. The van der Waals surface area contributed by atoms with Crippen LogP contribution in [0.1, 0.15) is 42.4 Å². The fraction of sp³-hybridized carbons (Fsp3) is 0.250. The van der Waals surface area contributed by atoms with E-state index in [1.54, 1.807) is 0 Å². The molecule has 2 aliphatic heterocycles. The lowest BCUT2D eigenvalue weighted by Crippen LogP contribution is -2.18. The molecule has 2 aromatic rings. The lowest BCUT2D eigenvalue weighted by atomic mass is 9.98. The summed E-state index contributed by atoms with van der Waals surface area (Å²) in [5.74, 6) is -0.638. The minimum absolute atomic E-state index is 0.00903. The van der Waals surface area contributed by atoms with E-state index in [4.69, 9.17) is 9.47 Å². The van der Waals surface area contributed by atoms with E-state index in [9.17, 15) is 22.8 Å². The fourth-order valence-corrected chi connectivity index (χ4v) is 4.25. The predicted octanol–water partition coefficient (Wildman–Crippen LogP) is 6.15. The monoisotopic (exact) mass is 491 g/mol. The second-order valence-corrected chi connectivity index (χ2v) is 9.04. The normalized spacial score (nSPS) is 19.2. The molecule has 2 aliphatic rings. The van der Waals surface area contributed by atoms with E-state index in [1.165, 1.54) is 24.5 Å². The quantitative estimate of drug-likeness (QED) is 0.489. The van der Waals surface area contributed by atoms with Crippen molar-refractivity contribution in [3.63, 3.8) is 0 Å². The first-order chi connectivity index (χ1) is 16.1. The van der Waals surface area contributed by atoms with Gasteiger partial charge in [-0.3, -0.25) is 14.9 Å². The first kappa shape index (κ1) is 23.7. The zero-order valence-electron chi connectivity index (χ0n) is 18.1. The molecule has 0 radical (unpaired) electrons. The Kier molecular flexibility index (Phi) is 6.60. The van der Waals surface area contributed by atoms with Crippen LogP contribution in [0.15, 0.2) is 53.6 Å². The van der Waals surface area contributed by atoms with Gasteiger partial charge in [0.2, 0.25) is 0 Å². The zero-order chi connectivity index (χ0) is 24.5. The second kappa shape index (κ2) is 9.46. The van der Waals surface area contributed by atoms with Crippen LogP contribution in [-0.2, 0) is 20.7 Å².